The van der Waals surface area contributed by atoms with Gasteiger partial charge in [0.2, 0.25) is 0 Å². The number of urea groups is 1. The van der Waals surface area contributed by atoms with Crippen molar-refractivity contribution in [3.05, 3.63) is 0 Å². The molecule has 18 heavy (non-hydrogen) atoms. The van der Waals surface area contributed by atoms with Crippen LogP contribution in [0.5, 0.6) is 0 Å². The highest BCUT2D eigenvalue weighted by atomic mass is 16.4. The number of likely N-dealkylation sites (tertiary alicyclic amines) is 1. The van der Waals surface area contributed by atoms with Gasteiger partial charge in [-0.25, -0.2) is 9.59 Å². The number of rotatable bonds is 4. The van der Waals surface area contributed by atoms with Crippen LogP contribution in [-0.2, 0) is 4.79 Å². The van der Waals surface area contributed by atoms with Gasteiger partial charge in [0.15, 0.2) is 0 Å². The standard InChI is InChI=1S/C13H24N2O3/c1-4-5-11(12(16)17)14-13(18)15-7-6-9(2)8-10(15)3/h9-11H,4-8H2,1-3H3,(H,14,18)(H,16,17). The monoisotopic (exact) mass is 256 g/mol. The van der Waals surface area contributed by atoms with Gasteiger partial charge in [-0.2, -0.15) is 0 Å². The Morgan fingerprint density at radius 3 is 2.61 bits per heavy atom. The Kier molecular flexibility index (Phi) is 5.44. The van der Waals surface area contributed by atoms with Gasteiger partial charge >= 0.3 is 12.0 Å². The summed E-state index contributed by atoms with van der Waals surface area (Å²) >= 11 is 0. The van der Waals surface area contributed by atoms with E-state index >= 15 is 0 Å². The smallest absolute Gasteiger partial charge is 0.326 e. The summed E-state index contributed by atoms with van der Waals surface area (Å²) in [4.78, 5) is 24.8. The van der Waals surface area contributed by atoms with Crippen LogP contribution in [-0.4, -0.2) is 40.6 Å². The van der Waals surface area contributed by atoms with Crippen LogP contribution in [0.15, 0.2) is 0 Å². The fraction of sp³-hybridized carbons (Fsp3) is 0.846. The summed E-state index contributed by atoms with van der Waals surface area (Å²) in [6.45, 7) is 6.83. The third-order valence-electron chi connectivity index (χ3n) is 3.57. The molecule has 1 rings (SSSR count). The minimum Gasteiger partial charge on any atom is -0.480 e. The number of aliphatic carboxylic acids is 1. The average Bonchev–Trinajstić information content (AvgIpc) is 2.27. The summed E-state index contributed by atoms with van der Waals surface area (Å²) in [6, 6.07) is -0.825. The minimum atomic E-state index is -0.955. The van der Waals surface area contributed by atoms with Crippen LogP contribution in [0.3, 0.4) is 0 Å². The quantitative estimate of drug-likeness (QED) is 0.809. The Morgan fingerprint density at radius 1 is 1.44 bits per heavy atom. The largest absolute Gasteiger partial charge is 0.480 e. The molecular formula is C13H24N2O3. The van der Waals surface area contributed by atoms with Crippen molar-refractivity contribution in [1.29, 1.82) is 0 Å². The Morgan fingerprint density at radius 2 is 2.11 bits per heavy atom. The fourth-order valence-electron chi connectivity index (χ4n) is 2.49. The number of nitrogens with zero attached hydrogens (tertiary/aromatic N) is 1. The van der Waals surface area contributed by atoms with Crippen LogP contribution in [0.25, 0.3) is 0 Å². The van der Waals surface area contributed by atoms with Gasteiger partial charge in [-0.05, 0) is 32.1 Å². The summed E-state index contributed by atoms with van der Waals surface area (Å²) in [6.07, 6.45) is 3.19. The van der Waals surface area contributed by atoms with Crippen molar-refractivity contribution >= 4 is 12.0 Å². The summed E-state index contributed by atoms with van der Waals surface area (Å²) in [5, 5.41) is 11.6. The lowest BCUT2D eigenvalue weighted by molar-refractivity contribution is -0.139. The molecule has 0 bridgehead atoms. The normalized spacial score (nSPS) is 25.6. The first kappa shape index (κ1) is 14.8. The Labute approximate surface area is 109 Å². The fourth-order valence-corrected chi connectivity index (χ4v) is 2.49. The number of hydrogen-bond acceptors (Lipinski definition) is 2. The van der Waals surface area contributed by atoms with Crippen LogP contribution < -0.4 is 5.32 Å². The van der Waals surface area contributed by atoms with Gasteiger partial charge < -0.3 is 15.3 Å². The van der Waals surface area contributed by atoms with E-state index < -0.39 is 12.0 Å². The average molecular weight is 256 g/mol. The van der Waals surface area contributed by atoms with Crippen molar-refractivity contribution in [1.82, 2.24) is 10.2 Å². The van der Waals surface area contributed by atoms with E-state index in [9.17, 15) is 9.59 Å². The number of nitrogens with one attached hydrogen (secondary N) is 1. The summed E-state index contributed by atoms with van der Waals surface area (Å²) in [5.74, 6) is -0.321. The van der Waals surface area contributed by atoms with Crippen molar-refractivity contribution in [2.75, 3.05) is 6.54 Å². The molecule has 0 radical (unpaired) electrons. The molecule has 1 aliphatic rings. The van der Waals surface area contributed by atoms with Gasteiger partial charge in [-0.1, -0.05) is 20.3 Å². The number of carboxylic acid groups (broad SMARTS) is 1. The Hall–Kier alpha value is -1.26. The molecule has 0 aromatic heterocycles. The lowest BCUT2D eigenvalue weighted by Gasteiger charge is -2.37. The SMILES string of the molecule is CCCC(NC(=O)N1CCC(C)CC1C)C(=O)O. The molecule has 104 valence electrons. The summed E-state index contributed by atoms with van der Waals surface area (Å²) in [7, 11) is 0. The van der Waals surface area contributed by atoms with Crippen molar-refractivity contribution in [3.63, 3.8) is 0 Å². The zero-order chi connectivity index (χ0) is 13.7. The molecular weight excluding hydrogens is 232 g/mol. The van der Waals surface area contributed by atoms with Gasteiger partial charge in [-0.15, -0.1) is 0 Å². The molecule has 5 heteroatoms. The predicted molar refractivity (Wildman–Crippen MR) is 69.4 cm³/mol. The van der Waals surface area contributed by atoms with Crippen molar-refractivity contribution in [3.8, 4) is 0 Å². The van der Waals surface area contributed by atoms with E-state index in [-0.39, 0.29) is 12.1 Å². The molecule has 1 fully saturated rings. The van der Waals surface area contributed by atoms with E-state index in [1.54, 1.807) is 4.90 Å². The van der Waals surface area contributed by atoms with E-state index in [0.717, 1.165) is 19.3 Å². The zero-order valence-electron chi connectivity index (χ0n) is 11.5. The molecule has 0 aromatic carbocycles. The van der Waals surface area contributed by atoms with E-state index in [4.69, 9.17) is 5.11 Å². The van der Waals surface area contributed by atoms with Crippen LogP contribution in [0, 0.1) is 5.92 Å². The second-order valence-corrected chi connectivity index (χ2v) is 5.30. The first-order valence-corrected chi connectivity index (χ1v) is 6.75. The molecule has 3 atom stereocenters. The number of carbonyl (C=O) groups excluding carboxylic acids is 1. The van der Waals surface area contributed by atoms with Crippen LogP contribution in [0.1, 0.15) is 46.5 Å². The van der Waals surface area contributed by atoms with Crippen LogP contribution in [0.2, 0.25) is 0 Å². The van der Waals surface area contributed by atoms with E-state index in [0.29, 0.717) is 18.9 Å². The third kappa shape index (κ3) is 3.89. The van der Waals surface area contributed by atoms with Crippen molar-refractivity contribution < 1.29 is 14.7 Å². The third-order valence-corrected chi connectivity index (χ3v) is 3.57. The number of piperidine rings is 1. The van der Waals surface area contributed by atoms with Crippen LogP contribution >= 0.6 is 0 Å². The second kappa shape index (κ2) is 6.61. The molecule has 0 spiro atoms. The number of amides is 2. The van der Waals surface area contributed by atoms with Gasteiger partial charge in [0.1, 0.15) is 6.04 Å². The minimum absolute atomic E-state index is 0.185. The molecule has 0 aromatic rings. The number of carboxylic acids is 1. The lowest BCUT2D eigenvalue weighted by Crippen LogP contribution is -2.53. The maximum atomic E-state index is 12.1. The molecule has 2 N–H and O–H groups in total. The Balaban J connectivity index is 2.55. The van der Waals surface area contributed by atoms with Gasteiger partial charge in [0, 0.05) is 12.6 Å². The highest BCUT2D eigenvalue weighted by Gasteiger charge is 2.29. The van der Waals surface area contributed by atoms with Gasteiger partial charge in [0.25, 0.3) is 0 Å². The topological polar surface area (TPSA) is 69.6 Å². The molecule has 2 amide bonds. The van der Waals surface area contributed by atoms with Gasteiger partial charge in [0.05, 0.1) is 0 Å². The summed E-state index contributed by atoms with van der Waals surface area (Å²) in [5.41, 5.74) is 0. The maximum Gasteiger partial charge on any atom is 0.326 e. The van der Waals surface area contributed by atoms with Gasteiger partial charge in [-0.3, -0.25) is 0 Å². The first-order valence-electron chi connectivity index (χ1n) is 6.75. The van der Waals surface area contributed by atoms with E-state index in [2.05, 4.69) is 12.2 Å². The molecule has 0 aliphatic carbocycles. The molecule has 3 unspecified atom stereocenters. The lowest BCUT2D eigenvalue weighted by atomic mass is 9.94. The predicted octanol–water partition coefficient (Wildman–Crippen LogP) is 2.07. The molecule has 5 nitrogen and oxygen atoms in total. The molecule has 1 aliphatic heterocycles. The second-order valence-electron chi connectivity index (χ2n) is 5.30. The molecule has 1 saturated heterocycles. The number of hydrogen-bond donors (Lipinski definition) is 2. The number of carbonyl (C=O) groups is 2. The van der Waals surface area contributed by atoms with E-state index in [1.807, 2.05) is 13.8 Å². The highest BCUT2D eigenvalue weighted by Crippen LogP contribution is 2.22. The van der Waals surface area contributed by atoms with E-state index in [1.165, 1.54) is 0 Å². The van der Waals surface area contributed by atoms with Crippen molar-refractivity contribution in [2.45, 2.75) is 58.5 Å². The van der Waals surface area contributed by atoms with Crippen LogP contribution in [0.4, 0.5) is 4.79 Å². The Bertz CT molecular complexity index is 307. The van der Waals surface area contributed by atoms with Crippen molar-refractivity contribution in [2.24, 2.45) is 5.92 Å². The first-order chi connectivity index (χ1) is 8.45. The molecule has 0 saturated carbocycles. The maximum absolute atomic E-state index is 12.1. The molecule has 1 heterocycles. The highest BCUT2D eigenvalue weighted by molar-refractivity contribution is 5.82. The summed E-state index contributed by atoms with van der Waals surface area (Å²) < 4.78 is 0. The zero-order valence-corrected chi connectivity index (χ0v) is 11.5.